The molecule has 0 amide bonds. The van der Waals surface area contributed by atoms with Gasteiger partial charge in [0.15, 0.2) is 5.76 Å². The monoisotopic (exact) mass is 344 g/mol. The normalized spacial score (nSPS) is 30.1. The van der Waals surface area contributed by atoms with E-state index < -0.39 is 0 Å². The van der Waals surface area contributed by atoms with Crippen LogP contribution in [0, 0.1) is 12.3 Å². The lowest BCUT2D eigenvalue weighted by Gasteiger charge is -2.20. The van der Waals surface area contributed by atoms with E-state index in [2.05, 4.69) is 28.8 Å². The number of rotatable bonds is 4. The predicted octanol–water partition coefficient (Wildman–Crippen LogP) is 4.51. The predicted molar refractivity (Wildman–Crippen MR) is 83.0 cm³/mol. The van der Waals surface area contributed by atoms with Crippen LogP contribution in [0.5, 0.6) is 0 Å². The molecular formula is C15H18BrClO2. The Morgan fingerprint density at radius 2 is 2.47 bits per heavy atom. The maximum absolute atomic E-state index is 6.30. The number of terminal acetylenes is 1. The van der Waals surface area contributed by atoms with Gasteiger partial charge in [-0.1, -0.05) is 47.0 Å². The summed E-state index contributed by atoms with van der Waals surface area (Å²) in [5.74, 6) is 3.19. The molecule has 0 fully saturated rings. The highest BCUT2D eigenvalue weighted by Gasteiger charge is 2.22. The fraction of sp³-hybridized carbons (Fsp3) is 0.467. The van der Waals surface area contributed by atoms with E-state index in [1.54, 1.807) is 6.08 Å². The van der Waals surface area contributed by atoms with Crippen LogP contribution in [0.2, 0.25) is 0 Å². The smallest absolute Gasteiger partial charge is 0.156 e. The van der Waals surface area contributed by atoms with Crippen molar-refractivity contribution in [3.8, 4) is 12.3 Å². The molecule has 0 aromatic rings. The molecule has 2 nitrogen and oxygen atoms in total. The summed E-state index contributed by atoms with van der Waals surface area (Å²) in [5.41, 5.74) is 0. The summed E-state index contributed by atoms with van der Waals surface area (Å²) in [4.78, 5) is 11.0. The van der Waals surface area contributed by atoms with Gasteiger partial charge in [-0.15, -0.1) is 18.0 Å². The van der Waals surface area contributed by atoms with Crippen LogP contribution in [-0.4, -0.2) is 16.3 Å². The highest BCUT2D eigenvalue weighted by atomic mass is 79.9. The zero-order valence-electron chi connectivity index (χ0n) is 10.9. The Hall–Kier alpha value is -0.690. The van der Waals surface area contributed by atoms with Gasteiger partial charge in [0.2, 0.25) is 0 Å². The number of allylic oxidation sites excluding steroid dienone is 5. The van der Waals surface area contributed by atoms with Crippen molar-refractivity contribution in [1.29, 1.82) is 0 Å². The summed E-state index contributed by atoms with van der Waals surface area (Å²) in [6, 6.07) is 0. The third kappa shape index (κ3) is 5.86. The highest BCUT2D eigenvalue weighted by Crippen LogP contribution is 2.23. The second kappa shape index (κ2) is 9.25. The van der Waals surface area contributed by atoms with Gasteiger partial charge in [-0.3, -0.25) is 0 Å². The van der Waals surface area contributed by atoms with Crippen LogP contribution in [0.25, 0.3) is 0 Å². The second-order valence-electron chi connectivity index (χ2n) is 4.15. The molecule has 1 rings (SSSR count). The number of hydrogen-bond acceptors (Lipinski definition) is 2. The molecule has 4 heteroatoms. The maximum atomic E-state index is 6.30. The molecule has 1 aliphatic rings. The zero-order chi connectivity index (χ0) is 14.1. The zero-order valence-corrected chi connectivity index (χ0v) is 13.2. The Morgan fingerprint density at radius 1 is 1.68 bits per heavy atom. The Balaban J connectivity index is 2.70. The molecule has 0 aliphatic carbocycles. The lowest BCUT2D eigenvalue weighted by Crippen LogP contribution is -2.24. The molecule has 19 heavy (non-hydrogen) atoms. The average Bonchev–Trinajstić information content (AvgIpc) is 2.50. The minimum absolute atomic E-state index is 0.130. The summed E-state index contributed by atoms with van der Waals surface area (Å²) in [6.45, 7) is 2.07. The largest absolute Gasteiger partial charge is 0.341 e. The van der Waals surface area contributed by atoms with Crippen molar-refractivity contribution in [1.82, 2.24) is 0 Å². The summed E-state index contributed by atoms with van der Waals surface area (Å²) < 4.78 is 0. The van der Waals surface area contributed by atoms with E-state index in [1.165, 1.54) is 0 Å². The van der Waals surface area contributed by atoms with Crippen LogP contribution < -0.4 is 0 Å². The molecule has 1 heterocycles. The molecule has 1 aliphatic heterocycles. The first-order valence-corrected chi connectivity index (χ1v) is 7.63. The van der Waals surface area contributed by atoms with Crippen molar-refractivity contribution < 1.29 is 9.78 Å². The van der Waals surface area contributed by atoms with Crippen LogP contribution in [0.1, 0.15) is 26.2 Å². The van der Waals surface area contributed by atoms with Gasteiger partial charge in [-0.2, -0.15) is 4.89 Å². The van der Waals surface area contributed by atoms with Gasteiger partial charge in [0, 0.05) is 0 Å². The van der Waals surface area contributed by atoms with Crippen LogP contribution >= 0.6 is 27.5 Å². The standard InChI is InChI=1S/C15H18BrClO2/c1-3-5-6-11-15-13(17)9-7-8-10-14(18-19-15)12(16)4-2/h1,5-8,10,12-13,15H,4,9,11H2,2H3/b6-5-,8-7-,14-10-/t12?,13-,15-/m1/s1. The van der Waals surface area contributed by atoms with E-state index in [0.717, 1.165) is 18.6 Å². The Kier molecular flexibility index (Phi) is 7.97. The van der Waals surface area contributed by atoms with Crippen molar-refractivity contribution >= 4 is 27.5 Å². The summed E-state index contributed by atoms with van der Waals surface area (Å²) >= 11 is 9.84. The molecule has 0 saturated heterocycles. The Bertz CT molecular complexity index is 395. The molecule has 1 unspecified atom stereocenters. The van der Waals surface area contributed by atoms with E-state index in [-0.39, 0.29) is 16.3 Å². The first-order chi connectivity index (χ1) is 9.19. The van der Waals surface area contributed by atoms with Gasteiger partial charge in [-0.25, -0.2) is 0 Å². The summed E-state index contributed by atoms with van der Waals surface area (Å²) in [6.07, 6.45) is 16.6. The van der Waals surface area contributed by atoms with E-state index in [9.17, 15) is 0 Å². The van der Waals surface area contributed by atoms with Crippen LogP contribution in [-0.2, 0) is 9.78 Å². The third-order valence-electron chi connectivity index (χ3n) is 2.68. The van der Waals surface area contributed by atoms with Gasteiger partial charge in [0.1, 0.15) is 6.10 Å². The first kappa shape index (κ1) is 16.4. The lowest BCUT2D eigenvalue weighted by atomic mass is 10.1. The molecule has 0 bridgehead atoms. The fourth-order valence-electron chi connectivity index (χ4n) is 1.54. The van der Waals surface area contributed by atoms with Gasteiger partial charge in [-0.05, 0) is 31.4 Å². The summed E-state index contributed by atoms with van der Waals surface area (Å²) in [7, 11) is 0. The lowest BCUT2D eigenvalue weighted by molar-refractivity contribution is -0.294. The van der Waals surface area contributed by atoms with Crippen molar-refractivity contribution in [2.24, 2.45) is 0 Å². The number of alkyl halides is 2. The van der Waals surface area contributed by atoms with Crippen molar-refractivity contribution in [2.45, 2.75) is 42.5 Å². The third-order valence-corrected chi connectivity index (χ3v) is 4.24. The van der Waals surface area contributed by atoms with E-state index in [1.807, 2.05) is 24.3 Å². The van der Waals surface area contributed by atoms with E-state index in [4.69, 9.17) is 27.8 Å². The number of halogens is 2. The summed E-state index contributed by atoms with van der Waals surface area (Å²) in [5, 5.41) is -0.151. The number of hydrogen-bond donors (Lipinski definition) is 0. The molecule has 0 saturated carbocycles. The van der Waals surface area contributed by atoms with Crippen LogP contribution in [0.3, 0.4) is 0 Å². The Labute approximate surface area is 128 Å². The molecule has 0 aromatic heterocycles. The van der Waals surface area contributed by atoms with Gasteiger partial charge in [0.05, 0.1) is 10.2 Å². The molecule has 104 valence electrons. The van der Waals surface area contributed by atoms with Crippen molar-refractivity contribution in [3.63, 3.8) is 0 Å². The topological polar surface area (TPSA) is 18.5 Å². The minimum Gasteiger partial charge on any atom is -0.341 e. The Morgan fingerprint density at radius 3 is 3.16 bits per heavy atom. The molecule has 0 radical (unpaired) electrons. The minimum atomic E-state index is -0.228. The molecule has 0 aromatic carbocycles. The van der Waals surface area contributed by atoms with Crippen LogP contribution in [0.4, 0.5) is 0 Å². The van der Waals surface area contributed by atoms with Gasteiger partial charge >= 0.3 is 0 Å². The molecule has 0 spiro atoms. The first-order valence-electron chi connectivity index (χ1n) is 6.28. The van der Waals surface area contributed by atoms with Crippen molar-refractivity contribution in [2.75, 3.05) is 0 Å². The SMILES string of the molecule is C#C/C=C\C[C@H]1OO/C(C(Br)CC)=C\C=C/C[C@H]1Cl. The second-order valence-corrected chi connectivity index (χ2v) is 5.81. The molecule has 3 atom stereocenters. The quantitative estimate of drug-likeness (QED) is 0.424. The molecule has 0 N–H and O–H groups in total. The average molecular weight is 346 g/mol. The van der Waals surface area contributed by atoms with Gasteiger partial charge < -0.3 is 4.89 Å². The van der Waals surface area contributed by atoms with Crippen LogP contribution in [0.15, 0.2) is 36.1 Å². The van der Waals surface area contributed by atoms with Crippen molar-refractivity contribution in [3.05, 3.63) is 36.1 Å². The molecular weight excluding hydrogens is 328 g/mol. The highest BCUT2D eigenvalue weighted by molar-refractivity contribution is 9.09. The fourth-order valence-corrected chi connectivity index (χ4v) is 2.02. The van der Waals surface area contributed by atoms with E-state index in [0.29, 0.717) is 6.42 Å². The van der Waals surface area contributed by atoms with Gasteiger partial charge in [0.25, 0.3) is 0 Å². The maximum Gasteiger partial charge on any atom is 0.156 e. The van der Waals surface area contributed by atoms with E-state index >= 15 is 0 Å².